The Morgan fingerprint density at radius 1 is 1.00 bits per heavy atom. The summed E-state index contributed by atoms with van der Waals surface area (Å²) in [5.41, 5.74) is 0. The normalized spacial score (nSPS) is 3.86. The van der Waals surface area contributed by atoms with Crippen LogP contribution in [0.15, 0.2) is 0 Å². The van der Waals surface area contributed by atoms with Crippen LogP contribution in [0, 0.1) is 0 Å². The van der Waals surface area contributed by atoms with Gasteiger partial charge in [0.05, 0.1) is 0 Å². The molecule has 7 heteroatoms. The summed E-state index contributed by atoms with van der Waals surface area (Å²) in [5, 5.41) is 25.2. The van der Waals surface area contributed by atoms with E-state index in [-0.39, 0.29) is 75.4 Å². The minimum Gasteiger partial charge on any atom is -0.907 e. The molecule has 0 bridgehead atoms. The molecular weight excluding hydrogens is 396 g/mol. The molecule has 0 rings (SSSR count). The van der Waals surface area contributed by atoms with E-state index in [4.69, 9.17) is 15.1 Å². The van der Waals surface area contributed by atoms with Crippen molar-refractivity contribution in [1.29, 1.82) is 0 Å². The fraction of sp³-hybridized carbons (Fsp3) is 0. The van der Waals surface area contributed by atoms with Gasteiger partial charge in [-0.25, -0.2) is 0 Å². The van der Waals surface area contributed by atoms with Crippen molar-refractivity contribution in [3.63, 3.8) is 0 Å². The first-order valence-electron chi connectivity index (χ1n) is 0.707. The second-order valence-electron chi connectivity index (χ2n) is 0.289. The van der Waals surface area contributed by atoms with Crippen molar-refractivity contribution < 1.29 is 41.6 Å². The SMILES string of the molecule is O.[Ba].[O-]B([O-])[O-].[W]. The van der Waals surface area contributed by atoms with Gasteiger partial charge in [0.25, 0.3) is 0 Å². The molecule has 0 aliphatic rings. The maximum Gasteiger partial charge on any atom is 0 e. The van der Waals surface area contributed by atoms with Crippen LogP contribution in [-0.2, 0) is 21.1 Å². The maximum atomic E-state index is 8.42. The molecule has 0 aliphatic heterocycles. The Morgan fingerprint density at radius 2 is 1.00 bits per heavy atom. The van der Waals surface area contributed by atoms with E-state index in [9.17, 15) is 0 Å². The van der Waals surface area contributed by atoms with E-state index in [1.807, 2.05) is 0 Å². The molecule has 0 aliphatic carbocycles. The van der Waals surface area contributed by atoms with E-state index < -0.39 is 7.32 Å². The van der Waals surface area contributed by atoms with Crippen LogP contribution in [0.1, 0.15) is 0 Å². The van der Waals surface area contributed by atoms with E-state index in [1.54, 1.807) is 0 Å². The molecule has 0 aromatic rings. The molecule has 0 saturated carbocycles. The summed E-state index contributed by atoms with van der Waals surface area (Å²) in [4.78, 5) is 0. The molecule has 0 saturated heterocycles. The van der Waals surface area contributed by atoms with Crippen LogP contribution in [0.25, 0.3) is 0 Å². The Balaban J connectivity index is -0.0000000150. The van der Waals surface area contributed by atoms with Crippen LogP contribution in [-0.4, -0.2) is 61.7 Å². The Bertz CT molecular complexity index is 16.4. The molecule has 40 valence electrons. The summed E-state index contributed by atoms with van der Waals surface area (Å²) in [5.74, 6) is 0. The van der Waals surface area contributed by atoms with Crippen LogP contribution < -0.4 is 15.1 Å². The Labute approximate surface area is 96.1 Å². The fourth-order valence-electron chi connectivity index (χ4n) is 0. The summed E-state index contributed by atoms with van der Waals surface area (Å²) in [6.45, 7) is 0. The van der Waals surface area contributed by atoms with E-state index in [0.29, 0.717) is 0 Å². The van der Waals surface area contributed by atoms with Gasteiger partial charge >= 0.3 is 0 Å². The average molecular weight is 398 g/mol. The zero-order valence-electron chi connectivity index (χ0n) is 3.42. The van der Waals surface area contributed by atoms with Gasteiger partial charge in [0, 0.05) is 69.9 Å². The molecule has 0 fully saturated rings. The number of hydrogen-bond donors (Lipinski definition) is 0. The van der Waals surface area contributed by atoms with E-state index >= 15 is 0 Å². The topological polar surface area (TPSA) is 101 Å². The number of rotatable bonds is 0. The first-order valence-corrected chi connectivity index (χ1v) is 0.707. The molecule has 2 radical (unpaired) electrons. The van der Waals surface area contributed by atoms with Crippen molar-refractivity contribution in [2.45, 2.75) is 0 Å². The summed E-state index contributed by atoms with van der Waals surface area (Å²) in [6.07, 6.45) is 0. The van der Waals surface area contributed by atoms with Gasteiger partial charge in [0.2, 0.25) is 0 Å². The zero-order chi connectivity index (χ0) is 3.58. The first-order chi connectivity index (χ1) is 1.73. The summed E-state index contributed by atoms with van der Waals surface area (Å²) < 4.78 is 0. The first kappa shape index (κ1) is 22.9. The van der Waals surface area contributed by atoms with Crippen LogP contribution >= 0.6 is 0 Å². The van der Waals surface area contributed by atoms with Crippen LogP contribution in [0.3, 0.4) is 0 Å². The monoisotopic (exact) mass is 399 g/mol. The largest absolute Gasteiger partial charge is 0.907 e. The molecule has 4 nitrogen and oxygen atoms in total. The van der Waals surface area contributed by atoms with E-state index in [0.717, 1.165) is 0 Å². The zero-order valence-corrected chi connectivity index (χ0v) is 10.8. The van der Waals surface area contributed by atoms with Crippen molar-refractivity contribution in [2.24, 2.45) is 0 Å². The minimum atomic E-state index is -2.92. The van der Waals surface area contributed by atoms with Crippen LogP contribution in [0.2, 0.25) is 0 Å². The smallest absolute Gasteiger partial charge is 0 e. The third kappa shape index (κ3) is 66.2. The molecule has 0 spiro atoms. The van der Waals surface area contributed by atoms with Gasteiger partial charge in [-0.2, -0.15) is 0 Å². The summed E-state index contributed by atoms with van der Waals surface area (Å²) in [7, 11) is -2.92. The fourth-order valence-corrected chi connectivity index (χ4v) is 0. The van der Waals surface area contributed by atoms with Crippen molar-refractivity contribution in [1.82, 2.24) is 0 Å². The maximum absolute atomic E-state index is 8.42. The van der Waals surface area contributed by atoms with E-state index in [2.05, 4.69) is 0 Å². The van der Waals surface area contributed by atoms with Gasteiger partial charge in [-0.15, -0.1) is 0 Å². The minimum absolute atomic E-state index is 0. The average Bonchev–Trinajstić information content (AvgIpc) is 0.811. The standard InChI is InChI=1S/BO3.Ba.H2O.W/c2-1(3)4;;;/h;;1H2;/q-3;;;. The molecule has 0 unspecified atom stereocenters. The Kier molecular flexibility index (Phi) is 51.4. The quantitative estimate of drug-likeness (QED) is 0.382. The molecule has 0 amide bonds. The second-order valence-corrected chi connectivity index (χ2v) is 0.289. The molecular formula is H2BBaO4W-3. The van der Waals surface area contributed by atoms with Gasteiger partial charge in [-0.05, 0) is 0 Å². The third-order valence-electron chi connectivity index (χ3n) is 0. The summed E-state index contributed by atoms with van der Waals surface area (Å²) in [6, 6.07) is 0. The van der Waals surface area contributed by atoms with Crippen LogP contribution in [0.4, 0.5) is 0 Å². The molecule has 0 aromatic carbocycles. The molecule has 7 heavy (non-hydrogen) atoms. The van der Waals surface area contributed by atoms with Gasteiger partial charge in [0.1, 0.15) is 0 Å². The van der Waals surface area contributed by atoms with Crippen molar-refractivity contribution in [2.75, 3.05) is 0 Å². The second kappa shape index (κ2) is 15.7. The van der Waals surface area contributed by atoms with Crippen molar-refractivity contribution in [3.8, 4) is 0 Å². The molecule has 2 N–H and O–H groups in total. The summed E-state index contributed by atoms with van der Waals surface area (Å²) >= 11 is 0. The van der Waals surface area contributed by atoms with Gasteiger partial charge in [-0.1, -0.05) is 0 Å². The predicted octanol–water partition coefficient (Wildman–Crippen LogP) is -5.16. The van der Waals surface area contributed by atoms with E-state index in [1.165, 1.54) is 0 Å². The predicted molar refractivity (Wildman–Crippen MR) is 15.1 cm³/mol. The molecule has 0 atom stereocenters. The molecule has 0 aromatic heterocycles. The number of hydrogen-bond acceptors (Lipinski definition) is 3. The third-order valence-corrected chi connectivity index (χ3v) is 0. The van der Waals surface area contributed by atoms with Crippen LogP contribution in [0.5, 0.6) is 0 Å². The van der Waals surface area contributed by atoms with Gasteiger partial charge < -0.3 is 20.5 Å². The van der Waals surface area contributed by atoms with Gasteiger partial charge in [-0.3, -0.25) is 7.32 Å². The van der Waals surface area contributed by atoms with Crippen molar-refractivity contribution >= 4 is 56.2 Å². The Hall–Kier alpha value is 2.16. The van der Waals surface area contributed by atoms with Crippen molar-refractivity contribution in [3.05, 3.63) is 0 Å². The molecule has 0 heterocycles. The van der Waals surface area contributed by atoms with Gasteiger partial charge in [0.15, 0.2) is 0 Å². The Morgan fingerprint density at radius 3 is 1.00 bits per heavy atom.